The molecule has 4 heteroatoms. The summed E-state index contributed by atoms with van der Waals surface area (Å²) in [5.74, 6) is 1.23. The van der Waals surface area contributed by atoms with Crippen molar-refractivity contribution in [2.45, 2.75) is 12.8 Å². The molecule has 4 aromatic rings. The molecular formula is C25H18BrNO2. The molecule has 0 saturated carbocycles. The maximum Gasteiger partial charge on any atom is 0.255 e. The molecule has 0 spiro atoms. The first-order chi connectivity index (χ1) is 14.2. The first-order valence-corrected chi connectivity index (χ1v) is 10.4. The number of para-hydroxylation sites is 1. The van der Waals surface area contributed by atoms with Gasteiger partial charge < -0.3 is 10.1 Å². The first-order valence-electron chi connectivity index (χ1n) is 9.57. The van der Waals surface area contributed by atoms with Crippen LogP contribution in [0.4, 0.5) is 5.69 Å². The van der Waals surface area contributed by atoms with Gasteiger partial charge in [-0.15, -0.1) is 0 Å². The zero-order valence-corrected chi connectivity index (χ0v) is 17.2. The molecule has 0 saturated heterocycles. The summed E-state index contributed by atoms with van der Waals surface area (Å²) in [6.45, 7) is 0. The summed E-state index contributed by atoms with van der Waals surface area (Å²) in [6.07, 6.45) is 1.98. The fourth-order valence-corrected chi connectivity index (χ4v) is 4.29. The smallest absolute Gasteiger partial charge is 0.255 e. The third kappa shape index (κ3) is 3.30. The van der Waals surface area contributed by atoms with E-state index in [0.29, 0.717) is 22.7 Å². The van der Waals surface area contributed by atoms with Crippen LogP contribution in [0.25, 0.3) is 10.8 Å². The molecule has 0 heterocycles. The minimum atomic E-state index is -0.150. The summed E-state index contributed by atoms with van der Waals surface area (Å²) in [6, 6.07) is 25.3. The summed E-state index contributed by atoms with van der Waals surface area (Å²) >= 11 is 3.56. The van der Waals surface area contributed by atoms with Crippen LogP contribution < -0.4 is 10.1 Å². The highest BCUT2D eigenvalue weighted by atomic mass is 79.9. The van der Waals surface area contributed by atoms with Crippen LogP contribution in [-0.4, -0.2) is 5.91 Å². The zero-order chi connectivity index (χ0) is 19.8. The zero-order valence-electron chi connectivity index (χ0n) is 15.6. The number of benzene rings is 4. The van der Waals surface area contributed by atoms with Gasteiger partial charge in [0.1, 0.15) is 5.75 Å². The molecule has 142 valence electrons. The second-order valence-electron chi connectivity index (χ2n) is 7.10. The van der Waals surface area contributed by atoms with Crippen LogP contribution in [0.3, 0.4) is 0 Å². The Morgan fingerprint density at radius 1 is 0.862 bits per heavy atom. The van der Waals surface area contributed by atoms with Crippen LogP contribution in [0, 0.1) is 0 Å². The summed E-state index contributed by atoms with van der Waals surface area (Å²) in [7, 11) is 0. The number of halogens is 1. The van der Waals surface area contributed by atoms with Gasteiger partial charge >= 0.3 is 0 Å². The van der Waals surface area contributed by atoms with Crippen LogP contribution in [-0.2, 0) is 12.8 Å². The molecule has 1 aliphatic rings. The molecule has 0 radical (unpaired) electrons. The molecule has 0 fully saturated rings. The predicted octanol–water partition coefficient (Wildman–Crippen LogP) is 6.75. The van der Waals surface area contributed by atoms with E-state index in [2.05, 4.69) is 45.5 Å². The summed E-state index contributed by atoms with van der Waals surface area (Å²) in [5, 5.41) is 5.34. The molecule has 29 heavy (non-hydrogen) atoms. The van der Waals surface area contributed by atoms with Gasteiger partial charge in [0.25, 0.3) is 5.91 Å². The lowest BCUT2D eigenvalue weighted by Crippen LogP contribution is -2.12. The van der Waals surface area contributed by atoms with Crippen LogP contribution in [0.15, 0.2) is 83.3 Å². The molecule has 0 unspecified atom stereocenters. The SMILES string of the molecule is O=C(Nc1cc2c3c(cccc3c1Oc1ccccc1Br)CC2)c1ccccc1. The molecule has 0 atom stereocenters. The lowest BCUT2D eigenvalue weighted by Gasteiger charge is -2.17. The Hall–Kier alpha value is -3.11. The number of hydrogen-bond acceptors (Lipinski definition) is 2. The number of carbonyl (C=O) groups excluding carboxylic acids is 1. The maximum absolute atomic E-state index is 12.9. The summed E-state index contributed by atoms with van der Waals surface area (Å²) in [4.78, 5) is 12.9. The van der Waals surface area contributed by atoms with Crippen molar-refractivity contribution in [2.24, 2.45) is 0 Å². The van der Waals surface area contributed by atoms with Gasteiger partial charge in [0.2, 0.25) is 0 Å². The van der Waals surface area contributed by atoms with Gasteiger partial charge in [-0.25, -0.2) is 0 Å². The van der Waals surface area contributed by atoms with E-state index in [1.54, 1.807) is 0 Å². The Bertz CT molecular complexity index is 1230. The standard InChI is InChI=1S/C25H18BrNO2/c26-20-11-4-5-12-22(20)29-24-19-10-6-9-16-13-14-18(23(16)19)15-21(24)27-25(28)17-7-2-1-3-8-17/h1-12,15H,13-14H2,(H,27,28). The van der Waals surface area contributed by atoms with Gasteiger partial charge in [-0.3, -0.25) is 4.79 Å². The highest BCUT2D eigenvalue weighted by Gasteiger charge is 2.22. The molecule has 1 N–H and O–H groups in total. The van der Waals surface area contributed by atoms with Crippen molar-refractivity contribution >= 4 is 38.3 Å². The number of carbonyl (C=O) groups is 1. The Balaban J connectivity index is 1.65. The van der Waals surface area contributed by atoms with Crippen molar-refractivity contribution in [3.05, 3.63) is 100 Å². The Labute approximate surface area is 177 Å². The van der Waals surface area contributed by atoms with Crippen molar-refractivity contribution in [3.8, 4) is 11.5 Å². The van der Waals surface area contributed by atoms with Crippen molar-refractivity contribution < 1.29 is 9.53 Å². The highest BCUT2D eigenvalue weighted by Crippen LogP contribution is 2.44. The molecule has 1 amide bonds. The van der Waals surface area contributed by atoms with Crippen molar-refractivity contribution in [1.82, 2.24) is 0 Å². The molecular weight excluding hydrogens is 426 g/mol. The van der Waals surface area contributed by atoms with E-state index in [4.69, 9.17) is 4.74 Å². The number of nitrogens with one attached hydrogen (secondary N) is 1. The molecule has 0 aliphatic heterocycles. The average molecular weight is 444 g/mol. The number of rotatable bonds is 4. The maximum atomic E-state index is 12.9. The van der Waals surface area contributed by atoms with Crippen LogP contribution in [0.2, 0.25) is 0 Å². The van der Waals surface area contributed by atoms with Crippen LogP contribution >= 0.6 is 15.9 Å². The van der Waals surface area contributed by atoms with Gasteiger partial charge in [0.15, 0.2) is 5.75 Å². The van der Waals surface area contributed by atoms with E-state index < -0.39 is 0 Å². The fraction of sp³-hybridized carbons (Fsp3) is 0.0800. The molecule has 1 aliphatic carbocycles. The second kappa shape index (κ2) is 7.37. The van der Waals surface area contributed by atoms with Crippen molar-refractivity contribution in [1.29, 1.82) is 0 Å². The van der Waals surface area contributed by atoms with E-state index in [9.17, 15) is 4.79 Å². The second-order valence-corrected chi connectivity index (χ2v) is 7.96. The quantitative estimate of drug-likeness (QED) is 0.378. The molecule has 5 rings (SSSR count). The monoisotopic (exact) mass is 443 g/mol. The molecule has 0 aromatic heterocycles. The minimum absolute atomic E-state index is 0.150. The topological polar surface area (TPSA) is 38.3 Å². The lowest BCUT2D eigenvalue weighted by molar-refractivity contribution is 0.102. The number of amides is 1. The van der Waals surface area contributed by atoms with E-state index >= 15 is 0 Å². The van der Waals surface area contributed by atoms with Gasteiger partial charge in [-0.05, 0) is 75.6 Å². The largest absolute Gasteiger partial charge is 0.453 e. The van der Waals surface area contributed by atoms with E-state index in [-0.39, 0.29) is 5.91 Å². The van der Waals surface area contributed by atoms with E-state index in [1.165, 1.54) is 16.5 Å². The van der Waals surface area contributed by atoms with Gasteiger partial charge in [0, 0.05) is 10.9 Å². The summed E-state index contributed by atoms with van der Waals surface area (Å²) in [5.41, 5.74) is 3.88. The number of hydrogen-bond donors (Lipinski definition) is 1. The van der Waals surface area contributed by atoms with Crippen LogP contribution in [0.5, 0.6) is 11.5 Å². The normalized spacial score (nSPS) is 12.2. The first kappa shape index (κ1) is 18.0. The number of ether oxygens (including phenoxy) is 1. The Kier molecular flexibility index (Phi) is 4.57. The van der Waals surface area contributed by atoms with Crippen LogP contribution in [0.1, 0.15) is 21.5 Å². The fourth-order valence-electron chi connectivity index (χ4n) is 3.92. The summed E-state index contributed by atoms with van der Waals surface area (Å²) < 4.78 is 7.23. The predicted molar refractivity (Wildman–Crippen MR) is 120 cm³/mol. The molecule has 3 nitrogen and oxygen atoms in total. The minimum Gasteiger partial charge on any atom is -0.453 e. The van der Waals surface area contributed by atoms with Gasteiger partial charge in [-0.1, -0.05) is 48.5 Å². The van der Waals surface area contributed by atoms with Crippen molar-refractivity contribution in [3.63, 3.8) is 0 Å². The molecule has 4 aromatic carbocycles. The van der Waals surface area contributed by atoms with Gasteiger partial charge in [-0.2, -0.15) is 0 Å². The lowest BCUT2D eigenvalue weighted by atomic mass is 10.0. The van der Waals surface area contributed by atoms with E-state index in [0.717, 1.165) is 22.7 Å². The van der Waals surface area contributed by atoms with E-state index in [1.807, 2.05) is 54.6 Å². The highest BCUT2D eigenvalue weighted by molar-refractivity contribution is 9.10. The average Bonchev–Trinajstić information content (AvgIpc) is 3.17. The number of aryl methyl sites for hydroxylation is 2. The van der Waals surface area contributed by atoms with Crippen molar-refractivity contribution in [2.75, 3.05) is 5.32 Å². The Morgan fingerprint density at radius 3 is 2.45 bits per heavy atom. The van der Waals surface area contributed by atoms with Gasteiger partial charge in [0.05, 0.1) is 10.2 Å². The third-order valence-corrected chi connectivity index (χ3v) is 5.93. The molecule has 0 bridgehead atoms. The number of anilines is 1. The third-order valence-electron chi connectivity index (χ3n) is 5.28. The Morgan fingerprint density at radius 2 is 1.62 bits per heavy atom.